The summed E-state index contributed by atoms with van der Waals surface area (Å²) in [5.74, 6) is 0.700. The molecule has 1 heterocycles. The highest BCUT2D eigenvalue weighted by Gasteiger charge is 2.34. The first-order valence-electron chi connectivity index (χ1n) is 7.94. The molecule has 3 atom stereocenters. The topological polar surface area (TPSA) is 32.5 Å². The second kappa shape index (κ2) is 5.84. The van der Waals surface area contributed by atoms with Gasteiger partial charge in [0.2, 0.25) is 0 Å². The Hall–Kier alpha value is -0.900. The second-order valence-electron chi connectivity index (χ2n) is 6.51. The van der Waals surface area contributed by atoms with Gasteiger partial charge in [0, 0.05) is 38.3 Å². The van der Waals surface area contributed by atoms with Crippen LogP contribution >= 0.6 is 0 Å². The molecule has 20 heavy (non-hydrogen) atoms. The summed E-state index contributed by atoms with van der Waals surface area (Å²) in [5.41, 5.74) is 9.15. The third-order valence-electron chi connectivity index (χ3n) is 5.16. The average Bonchev–Trinajstić information content (AvgIpc) is 2.48. The van der Waals surface area contributed by atoms with Crippen LogP contribution in [0.25, 0.3) is 0 Å². The van der Waals surface area contributed by atoms with Gasteiger partial charge in [-0.05, 0) is 36.9 Å². The summed E-state index contributed by atoms with van der Waals surface area (Å²) in [5, 5.41) is 0. The van der Waals surface area contributed by atoms with Crippen molar-refractivity contribution in [1.29, 1.82) is 0 Å². The fraction of sp³-hybridized carbons (Fsp3) is 0.647. The van der Waals surface area contributed by atoms with E-state index >= 15 is 0 Å². The van der Waals surface area contributed by atoms with Gasteiger partial charge < -0.3 is 10.6 Å². The standard InChI is InChI=1S/C17H27N3/c1-13-7-8-17(16-6-4-3-5-15(13)16)20-10-9-19(2)12-14(20)11-18/h3-6,13-14,17H,7-12,18H2,1-2H3. The molecule has 110 valence electrons. The number of nitrogens with zero attached hydrogens (tertiary/aromatic N) is 2. The highest BCUT2D eigenvalue weighted by molar-refractivity contribution is 5.35. The van der Waals surface area contributed by atoms with Crippen molar-refractivity contribution in [2.75, 3.05) is 33.2 Å². The van der Waals surface area contributed by atoms with Gasteiger partial charge in [0.15, 0.2) is 0 Å². The van der Waals surface area contributed by atoms with Crippen LogP contribution in [0.4, 0.5) is 0 Å². The summed E-state index contributed by atoms with van der Waals surface area (Å²) in [6, 6.07) is 10.1. The number of fused-ring (bicyclic) bond motifs is 1. The third-order valence-corrected chi connectivity index (χ3v) is 5.16. The van der Waals surface area contributed by atoms with E-state index in [0.29, 0.717) is 18.0 Å². The minimum atomic E-state index is 0.500. The molecule has 0 radical (unpaired) electrons. The van der Waals surface area contributed by atoms with Crippen LogP contribution in [0.3, 0.4) is 0 Å². The first kappa shape index (κ1) is 14.1. The lowest BCUT2D eigenvalue weighted by Gasteiger charge is -2.46. The third kappa shape index (κ3) is 2.50. The maximum absolute atomic E-state index is 6.04. The molecule has 3 unspecified atom stereocenters. The van der Waals surface area contributed by atoms with E-state index in [1.807, 2.05) is 0 Å². The molecule has 0 bridgehead atoms. The molecule has 1 aliphatic carbocycles. The SMILES string of the molecule is CC1CCC(N2CCN(C)CC2CN)c2ccccc21. The fourth-order valence-corrected chi connectivity index (χ4v) is 3.97. The van der Waals surface area contributed by atoms with E-state index in [-0.39, 0.29) is 0 Å². The van der Waals surface area contributed by atoms with E-state index in [0.717, 1.165) is 26.2 Å². The van der Waals surface area contributed by atoms with Crippen molar-refractivity contribution >= 4 is 0 Å². The number of nitrogens with two attached hydrogens (primary N) is 1. The number of rotatable bonds is 2. The molecule has 3 rings (SSSR count). The quantitative estimate of drug-likeness (QED) is 0.896. The molecule has 1 aliphatic heterocycles. The molecule has 1 aromatic rings. The van der Waals surface area contributed by atoms with Gasteiger partial charge in [0.25, 0.3) is 0 Å². The Bertz CT molecular complexity index is 459. The summed E-state index contributed by atoms with van der Waals surface area (Å²) in [4.78, 5) is 5.08. The molecular weight excluding hydrogens is 246 g/mol. The zero-order chi connectivity index (χ0) is 14.1. The zero-order valence-electron chi connectivity index (χ0n) is 12.8. The summed E-state index contributed by atoms with van der Waals surface area (Å²) in [6.45, 7) is 6.53. The molecule has 1 fully saturated rings. The van der Waals surface area contributed by atoms with Gasteiger partial charge in [-0.25, -0.2) is 0 Å². The van der Waals surface area contributed by atoms with Gasteiger partial charge in [0.05, 0.1) is 0 Å². The van der Waals surface area contributed by atoms with Crippen molar-refractivity contribution in [3.8, 4) is 0 Å². The Kier molecular flexibility index (Phi) is 4.11. The van der Waals surface area contributed by atoms with Crippen LogP contribution in [-0.2, 0) is 0 Å². The monoisotopic (exact) mass is 273 g/mol. The van der Waals surface area contributed by atoms with Crippen molar-refractivity contribution in [2.45, 2.75) is 37.8 Å². The molecule has 0 aromatic heterocycles. The normalized spacial score (nSPS) is 32.0. The van der Waals surface area contributed by atoms with E-state index in [1.54, 1.807) is 11.1 Å². The molecule has 3 heteroatoms. The molecule has 0 spiro atoms. The summed E-state index contributed by atoms with van der Waals surface area (Å²) < 4.78 is 0. The molecular formula is C17H27N3. The maximum atomic E-state index is 6.04. The highest BCUT2D eigenvalue weighted by atomic mass is 15.3. The highest BCUT2D eigenvalue weighted by Crippen LogP contribution is 2.41. The lowest BCUT2D eigenvalue weighted by atomic mass is 9.80. The summed E-state index contributed by atoms with van der Waals surface area (Å²) in [6.07, 6.45) is 2.57. The lowest BCUT2D eigenvalue weighted by Crippen LogP contribution is -2.56. The fourth-order valence-electron chi connectivity index (χ4n) is 3.97. The number of likely N-dealkylation sites (N-methyl/N-ethyl adjacent to an activating group) is 1. The van der Waals surface area contributed by atoms with Gasteiger partial charge in [-0.1, -0.05) is 31.2 Å². The molecule has 3 nitrogen and oxygen atoms in total. The van der Waals surface area contributed by atoms with E-state index in [2.05, 4.69) is 48.0 Å². The largest absolute Gasteiger partial charge is 0.329 e. The minimum Gasteiger partial charge on any atom is -0.329 e. The predicted molar refractivity (Wildman–Crippen MR) is 83.9 cm³/mol. The first-order chi connectivity index (χ1) is 9.70. The Morgan fingerprint density at radius 2 is 1.90 bits per heavy atom. The number of piperazine rings is 1. The molecule has 2 aliphatic rings. The van der Waals surface area contributed by atoms with Crippen LogP contribution < -0.4 is 5.73 Å². The Morgan fingerprint density at radius 1 is 1.15 bits per heavy atom. The van der Waals surface area contributed by atoms with Crippen LogP contribution in [0.2, 0.25) is 0 Å². The van der Waals surface area contributed by atoms with Gasteiger partial charge in [0.1, 0.15) is 0 Å². The summed E-state index contributed by atoms with van der Waals surface area (Å²) in [7, 11) is 2.21. The molecule has 0 saturated carbocycles. The van der Waals surface area contributed by atoms with Gasteiger partial charge in [-0.15, -0.1) is 0 Å². The maximum Gasteiger partial charge on any atom is 0.0355 e. The Labute approximate surface area is 122 Å². The number of benzene rings is 1. The van der Waals surface area contributed by atoms with Gasteiger partial charge >= 0.3 is 0 Å². The van der Waals surface area contributed by atoms with Crippen molar-refractivity contribution < 1.29 is 0 Å². The molecule has 1 aromatic carbocycles. The number of hydrogen-bond acceptors (Lipinski definition) is 3. The van der Waals surface area contributed by atoms with Crippen molar-refractivity contribution in [3.05, 3.63) is 35.4 Å². The number of hydrogen-bond donors (Lipinski definition) is 1. The van der Waals surface area contributed by atoms with Crippen LogP contribution in [0, 0.1) is 0 Å². The first-order valence-corrected chi connectivity index (χ1v) is 7.94. The Morgan fingerprint density at radius 3 is 2.65 bits per heavy atom. The lowest BCUT2D eigenvalue weighted by molar-refractivity contribution is 0.0473. The van der Waals surface area contributed by atoms with Crippen LogP contribution in [0.5, 0.6) is 0 Å². The average molecular weight is 273 g/mol. The van der Waals surface area contributed by atoms with Crippen molar-refractivity contribution in [3.63, 3.8) is 0 Å². The van der Waals surface area contributed by atoms with Crippen molar-refractivity contribution in [2.24, 2.45) is 5.73 Å². The van der Waals surface area contributed by atoms with Gasteiger partial charge in [-0.2, -0.15) is 0 Å². The Balaban J connectivity index is 1.89. The smallest absolute Gasteiger partial charge is 0.0355 e. The van der Waals surface area contributed by atoms with E-state index in [4.69, 9.17) is 5.73 Å². The molecule has 1 saturated heterocycles. The van der Waals surface area contributed by atoms with E-state index < -0.39 is 0 Å². The minimum absolute atomic E-state index is 0.500. The summed E-state index contributed by atoms with van der Waals surface area (Å²) >= 11 is 0. The van der Waals surface area contributed by atoms with Crippen LogP contribution in [0.1, 0.15) is 42.9 Å². The predicted octanol–water partition coefficient (Wildman–Crippen LogP) is 2.20. The molecule has 2 N–H and O–H groups in total. The van der Waals surface area contributed by atoms with E-state index in [1.165, 1.54) is 12.8 Å². The molecule has 0 amide bonds. The van der Waals surface area contributed by atoms with Crippen LogP contribution in [-0.4, -0.2) is 49.1 Å². The second-order valence-corrected chi connectivity index (χ2v) is 6.51. The van der Waals surface area contributed by atoms with E-state index in [9.17, 15) is 0 Å². The van der Waals surface area contributed by atoms with Crippen molar-refractivity contribution in [1.82, 2.24) is 9.80 Å². The van der Waals surface area contributed by atoms with Gasteiger partial charge in [-0.3, -0.25) is 4.90 Å². The zero-order valence-corrected chi connectivity index (χ0v) is 12.8. The van der Waals surface area contributed by atoms with Crippen LogP contribution in [0.15, 0.2) is 24.3 Å².